The van der Waals surface area contributed by atoms with Crippen molar-refractivity contribution < 1.29 is 14.3 Å². The molecule has 3 aromatic rings. The van der Waals surface area contributed by atoms with Crippen molar-refractivity contribution in [2.24, 2.45) is 0 Å². The molecule has 1 aromatic carbocycles. The van der Waals surface area contributed by atoms with Gasteiger partial charge < -0.3 is 14.4 Å². The lowest BCUT2D eigenvalue weighted by Gasteiger charge is -2.23. The minimum atomic E-state index is -0.422. The number of carbonyl (C=O) groups is 1. The van der Waals surface area contributed by atoms with Gasteiger partial charge in [0.25, 0.3) is 0 Å². The Balaban J connectivity index is 1.67. The molecular formula is C20H22N4O3S. The number of ether oxygens (including phenoxy) is 2. The Morgan fingerprint density at radius 1 is 1.36 bits per heavy atom. The number of methoxy groups -OCH3 is 1. The number of amides is 1. The van der Waals surface area contributed by atoms with Gasteiger partial charge in [0.2, 0.25) is 5.91 Å². The molecule has 4 rings (SSSR count). The number of aryl methyl sites for hydroxylation is 1. The van der Waals surface area contributed by atoms with Crippen LogP contribution in [0, 0.1) is 6.92 Å². The van der Waals surface area contributed by atoms with Crippen molar-refractivity contribution in [2.75, 3.05) is 20.3 Å². The monoisotopic (exact) mass is 398 g/mol. The highest BCUT2D eigenvalue weighted by molar-refractivity contribution is 7.15. The first kappa shape index (κ1) is 18.5. The van der Waals surface area contributed by atoms with E-state index in [2.05, 4.69) is 35.2 Å². The molecule has 7 nitrogen and oxygen atoms in total. The maximum Gasteiger partial charge on any atom is 0.247 e. The number of hydrogen-bond donors (Lipinski definition) is 0. The van der Waals surface area contributed by atoms with Gasteiger partial charge in [-0.05, 0) is 43.7 Å². The maximum atomic E-state index is 13.0. The predicted octanol–water partition coefficient (Wildman–Crippen LogP) is 3.31. The Kier molecular flexibility index (Phi) is 5.04. The first-order valence-electron chi connectivity index (χ1n) is 9.10. The van der Waals surface area contributed by atoms with Gasteiger partial charge in [0, 0.05) is 21.9 Å². The third-order valence-electron chi connectivity index (χ3n) is 4.85. The summed E-state index contributed by atoms with van der Waals surface area (Å²) in [5.74, 6) is 1.39. The Bertz CT molecular complexity index is 984. The molecule has 0 aliphatic carbocycles. The van der Waals surface area contributed by atoms with E-state index in [4.69, 9.17) is 9.47 Å². The average molecular weight is 398 g/mol. The maximum absolute atomic E-state index is 13.0. The summed E-state index contributed by atoms with van der Waals surface area (Å²) in [4.78, 5) is 21.2. The standard InChI is InChI=1S/C20H22N4O3S/c1-13-4-5-18(28-13)15-8-16-10-23(6-7-27-19(16)17(9-15)26-3)20(25)14(2)24-12-21-11-22-24/h4-5,8-9,11-12,14H,6-7,10H2,1-3H3/t14-/m1/s1. The summed E-state index contributed by atoms with van der Waals surface area (Å²) in [5, 5.41) is 4.09. The van der Waals surface area contributed by atoms with Gasteiger partial charge in [-0.15, -0.1) is 11.3 Å². The Morgan fingerprint density at radius 3 is 2.89 bits per heavy atom. The summed E-state index contributed by atoms with van der Waals surface area (Å²) in [6, 6.07) is 7.88. The summed E-state index contributed by atoms with van der Waals surface area (Å²) in [5.41, 5.74) is 2.01. The molecule has 146 valence electrons. The van der Waals surface area contributed by atoms with E-state index in [1.165, 1.54) is 11.2 Å². The molecule has 0 saturated carbocycles. The number of nitrogens with zero attached hydrogens (tertiary/aromatic N) is 4. The molecule has 0 unspecified atom stereocenters. The molecule has 3 heterocycles. The lowest BCUT2D eigenvalue weighted by molar-refractivity contribution is -0.135. The zero-order valence-corrected chi connectivity index (χ0v) is 16.9. The highest BCUT2D eigenvalue weighted by Gasteiger charge is 2.27. The first-order valence-corrected chi connectivity index (χ1v) is 9.92. The molecule has 1 aliphatic rings. The largest absolute Gasteiger partial charge is 0.493 e. The fraction of sp³-hybridized carbons (Fsp3) is 0.350. The lowest BCUT2D eigenvalue weighted by Crippen LogP contribution is -2.37. The van der Waals surface area contributed by atoms with E-state index in [9.17, 15) is 4.79 Å². The molecule has 0 bridgehead atoms. The SMILES string of the molecule is COc1cc(-c2ccc(C)s2)cc2c1OCCN(C(=O)[C@@H](C)n1cncn1)C2. The molecule has 2 aromatic heterocycles. The molecule has 0 saturated heterocycles. The fourth-order valence-corrected chi connectivity index (χ4v) is 4.20. The third-order valence-corrected chi connectivity index (χ3v) is 5.90. The Morgan fingerprint density at radius 2 is 2.21 bits per heavy atom. The molecule has 0 N–H and O–H groups in total. The second kappa shape index (κ2) is 7.63. The quantitative estimate of drug-likeness (QED) is 0.674. The van der Waals surface area contributed by atoms with Crippen LogP contribution in [0.25, 0.3) is 10.4 Å². The third kappa shape index (κ3) is 3.47. The van der Waals surface area contributed by atoms with E-state index in [1.54, 1.807) is 34.4 Å². The van der Waals surface area contributed by atoms with E-state index < -0.39 is 6.04 Å². The highest BCUT2D eigenvalue weighted by atomic mass is 32.1. The van der Waals surface area contributed by atoms with Crippen LogP contribution in [-0.4, -0.2) is 45.8 Å². The Hall–Kier alpha value is -2.87. The van der Waals surface area contributed by atoms with Crippen molar-refractivity contribution >= 4 is 17.2 Å². The zero-order chi connectivity index (χ0) is 19.7. The fourth-order valence-electron chi connectivity index (χ4n) is 3.35. The van der Waals surface area contributed by atoms with Crippen LogP contribution in [0.15, 0.2) is 36.9 Å². The van der Waals surface area contributed by atoms with Crippen molar-refractivity contribution in [2.45, 2.75) is 26.4 Å². The summed E-state index contributed by atoms with van der Waals surface area (Å²) in [6.07, 6.45) is 3.00. The molecule has 1 aliphatic heterocycles. The summed E-state index contributed by atoms with van der Waals surface area (Å²) >= 11 is 1.73. The van der Waals surface area contributed by atoms with E-state index in [1.807, 2.05) is 13.0 Å². The molecular weight excluding hydrogens is 376 g/mol. The number of thiophene rings is 1. The van der Waals surface area contributed by atoms with Crippen molar-refractivity contribution in [3.8, 4) is 21.9 Å². The topological polar surface area (TPSA) is 69.5 Å². The van der Waals surface area contributed by atoms with Crippen LogP contribution >= 0.6 is 11.3 Å². The smallest absolute Gasteiger partial charge is 0.247 e. The van der Waals surface area contributed by atoms with E-state index >= 15 is 0 Å². The van der Waals surface area contributed by atoms with Crippen molar-refractivity contribution in [1.29, 1.82) is 0 Å². The van der Waals surface area contributed by atoms with Gasteiger partial charge in [-0.2, -0.15) is 5.10 Å². The van der Waals surface area contributed by atoms with E-state index in [-0.39, 0.29) is 5.91 Å². The molecule has 8 heteroatoms. The number of fused-ring (bicyclic) bond motifs is 1. The van der Waals surface area contributed by atoms with Crippen LogP contribution < -0.4 is 9.47 Å². The van der Waals surface area contributed by atoms with Crippen LogP contribution in [0.3, 0.4) is 0 Å². The normalized spacial score (nSPS) is 14.8. The van der Waals surface area contributed by atoms with Gasteiger partial charge in [-0.3, -0.25) is 4.79 Å². The van der Waals surface area contributed by atoms with Gasteiger partial charge in [0.05, 0.1) is 13.7 Å². The zero-order valence-electron chi connectivity index (χ0n) is 16.1. The first-order chi connectivity index (χ1) is 13.6. The van der Waals surface area contributed by atoms with Crippen LogP contribution in [0.4, 0.5) is 0 Å². The predicted molar refractivity (Wildman–Crippen MR) is 107 cm³/mol. The minimum Gasteiger partial charge on any atom is -0.493 e. The number of carbonyl (C=O) groups excluding carboxylic acids is 1. The van der Waals surface area contributed by atoms with Crippen LogP contribution in [0.5, 0.6) is 11.5 Å². The van der Waals surface area contributed by atoms with Crippen LogP contribution in [0.1, 0.15) is 23.4 Å². The van der Waals surface area contributed by atoms with Gasteiger partial charge in [-0.1, -0.05) is 0 Å². The minimum absolute atomic E-state index is 0.0155. The van der Waals surface area contributed by atoms with Crippen molar-refractivity contribution in [3.63, 3.8) is 0 Å². The molecule has 0 spiro atoms. The van der Waals surface area contributed by atoms with Crippen LogP contribution in [0.2, 0.25) is 0 Å². The second-order valence-corrected chi connectivity index (χ2v) is 8.02. The molecule has 0 fully saturated rings. The Labute approximate surface area is 167 Å². The number of benzene rings is 1. The number of hydrogen-bond acceptors (Lipinski definition) is 6. The van der Waals surface area contributed by atoms with Gasteiger partial charge in [-0.25, -0.2) is 9.67 Å². The summed E-state index contributed by atoms with van der Waals surface area (Å²) in [7, 11) is 1.64. The van der Waals surface area contributed by atoms with E-state index in [0.717, 1.165) is 16.0 Å². The van der Waals surface area contributed by atoms with Gasteiger partial charge in [0.15, 0.2) is 11.5 Å². The lowest BCUT2D eigenvalue weighted by atomic mass is 10.1. The van der Waals surface area contributed by atoms with Crippen molar-refractivity contribution in [1.82, 2.24) is 19.7 Å². The number of aromatic nitrogens is 3. The van der Waals surface area contributed by atoms with Gasteiger partial charge >= 0.3 is 0 Å². The average Bonchev–Trinajstić information content (AvgIpc) is 3.34. The number of rotatable bonds is 4. The molecule has 1 amide bonds. The summed E-state index contributed by atoms with van der Waals surface area (Å²) in [6.45, 7) is 5.29. The van der Waals surface area contributed by atoms with Crippen molar-refractivity contribution in [3.05, 3.63) is 47.4 Å². The van der Waals surface area contributed by atoms with Gasteiger partial charge in [0.1, 0.15) is 25.3 Å². The van der Waals surface area contributed by atoms with E-state index in [0.29, 0.717) is 31.2 Å². The summed E-state index contributed by atoms with van der Waals surface area (Å²) < 4.78 is 13.1. The molecule has 1 atom stereocenters. The molecule has 28 heavy (non-hydrogen) atoms. The van der Waals surface area contributed by atoms with Crippen LogP contribution in [-0.2, 0) is 11.3 Å². The molecule has 0 radical (unpaired) electrons. The second-order valence-electron chi connectivity index (χ2n) is 6.74. The highest BCUT2D eigenvalue weighted by Crippen LogP contribution is 2.40.